The zero-order valence-corrected chi connectivity index (χ0v) is 33.4. The molecule has 0 aliphatic heterocycles. The Kier molecular flexibility index (Phi) is 15.5. The number of unbranched alkanes of at least 4 members (excludes halogenated alkanes) is 7. The highest BCUT2D eigenvalue weighted by atomic mass is 16.3. The van der Waals surface area contributed by atoms with E-state index in [2.05, 4.69) is 45.3 Å². The van der Waals surface area contributed by atoms with Crippen molar-refractivity contribution in [1.29, 1.82) is 0 Å². The number of hydrogen-bond acceptors (Lipinski definition) is 4. The third-order valence-electron chi connectivity index (χ3n) is 15.4. The van der Waals surface area contributed by atoms with Crippen molar-refractivity contribution in [1.82, 2.24) is 10.6 Å². The number of hydrogen-bond donors (Lipinski definition) is 4. The number of aliphatic hydroxyl groups excluding tert-OH is 1. The third kappa shape index (κ3) is 10.1. The standard InChI is InChI=1S/C46H80N2O2/c1-34(2)18-16-19-35(3)39-23-24-40-44-41(26-28-46(39,40)5)45(4)27-25-38(32-37(45)33-43(44)50)48-31-17-30-47-29-15-11-9-7-6-8-10-12-20-36-21-13-14-22-42(36)49/h13-14,21-22,34-35,37-41,43-44,47-50H,6-12,15-20,23-33H2,1-5H3/t35-,37-,38+,39-,40?,41?,43-,44?,45+,46-/m1/s1. The van der Waals surface area contributed by atoms with E-state index in [4.69, 9.17) is 0 Å². The lowest BCUT2D eigenvalue weighted by molar-refractivity contribution is -0.167. The molecule has 4 aliphatic rings. The van der Waals surface area contributed by atoms with Crippen LogP contribution in [0.2, 0.25) is 0 Å². The number of aryl methyl sites for hydroxylation is 1. The summed E-state index contributed by atoms with van der Waals surface area (Å²) in [5.74, 6) is 5.68. The fourth-order valence-electron chi connectivity index (χ4n) is 12.4. The molecule has 0 saturated heterocycles. The van der Waals surface area contributed by atoms with Crippen molar-refractivity contribution < 1.29 is 10.2 Å². The SMILES string of the molecule is CC(C)CCC[C@@H](C)[C@H]1CCC2C3C(CC[C@@]21C)[C@@]1(C)CC[C@H](NCCCNCCCCCCCCCCc2ccccc2O)C[C@@H]1C[C@H]3O. The molecular weight excluding hydrogens is 613 g/mol. The van der Waals surface area contributed by atoms with Gasteiger partial charge in [-0.3, -0.25) is 0 Å². The first kappa shape index (κ1) is 40.1. The summed E-state index contributed by atoms with van der Waals surface area (Å²) in [6.07, 6.45) is 27.3. The van der Waals surface area contributed by atoms with Crippen molar-refractivity contribution in [2.75, 3.05) is 19.6 Å². The molecule has 4 aliphatic carbocycles. The van der Waals surface area contributed by atoms with Gasteiger partial charge in [0.25, 0.3) is 0 Å². The Morgan fingerprint density at radius 2 is 1.40 bits per heavy atom. The molecule has 0 radical (unpaired) electrons. The van der Waals surface area contributed by atoms with Crippen LogP contribution in [-0.2, 0) is 6.42 Å². The molecule has 0 spiro atoms. The largest absolute Gasteiger partial charge is 0.508 e. The number of para-hydroxylation sites is 1. The number of nitrogens with one attached hydrogen (secondary N) is 2. The van der Waals surface area contributed by atoms with E-state index in [9.17, 15) is 10.2 Å². The van der Waals surface area contributed by atoms with Crippen molar-refractivity contribution >= 4 is 0 Å². The van der Waals surface area contributed by atoms with E-state index in [0.717, 1.165) is 67.6 Å². The van der Waals surface area contributed by atoms with Crippen LogP contribution in [0.3, 0.4) is 0 Å². The molecule has 0 heterocycles. The Labute approximate surface area is 309 Å². The smallest absolute Gasteiger partial charge is 0.118 e. The van der Waals surface area contributed by atoms with Crippen LogP contribution in [0, 0.1) is 52.3 Å². The highest BCUT2D eigenvalue weighted by Crippen LogP contribution is 2.68. The molecule has 5 rings (SSSR count). The lowest BCUT2D eigenvalue weighted by Gasteiger charge is -2.62. The molecule has 3 unspecified atom stereocenters. The predicted octanol–water partition coefficient (Wildman–Crippen LogP) is 11.1. The average Bonchev–Trinajstić information content (AvgIpc) is 3.44. The van der Waals surface area contributed by atoms with Gasteiger partial charge in [0.1, 0.15) is 5.75 Å². The quantitative estimate of drug-likeness (QED) is 0.0969. The van der Waals surface area contributed by atoms with Crippen molar-refractivity contribution in [3.63, 3.8) is 0 Å². The number of phenolic OH excluding ortho intramolecular Hbond substituents is 1. The van der Waals surface area contributed by atoms with E-state index >= 15 is 0 Å². The van der Waals surface area contributed by atoms with E-state index in [-0.39, 0.29) is 6.10 Å². The molecule has 50 heavy (non-hydrogen) atoms. The van der Waals surface area contributed by atoms with Gasteiger partial charge in [-0.1, -0.05) is 111 Å². The average molecular weight is 693 g/mol. The fourth-order valence-corrected chi connectivity index (χ4v) is 12.4. The normalized spacial score (nSPS) is 34.3. The van der Waals surface area contributed by atoms with Crippen LogP contribution in [0.15, 0.2) is 24.3 Å². The van der Waals surface area contributed by atoms with Gasteiger partial charge in [0.15, 0.2) is 0 Å². The van der Waals surface area contributed by atoms with Gasteiger partial charge in [0, 0.05) is 6.04 Å². The highest BCUT2D eigenvalue weighted by molar-refractivity contribution is 5.31. The van der Waals surface area contributed by atoms with Gasteiger partial charge >= 0.3 is 0 Å². The van der Waals surface area contributed by atoms with Crippen molar-refractivity contribution in [3.05, 3.63) is 29.8 Å². The van der Waals surface area contributed by atoms with Gasteiger partial charge in [-0.2, -0.15) is 0 Å². The second kappa shape index (κ2) is 19.3. The second-order valence-electron chi connectivity index (χ2n) is 19.1. The van der Waals surface area contributed by atoms with Crippen LogP contribution >= 0.6 is 0 Å². The van der Waals surface area contributed by atoms with Crippen molar-refractivity contribution in [3.8, 4) is 5.75 Å². The van der Waals surface area contributed by atoms with Crippen LogP contribution in [-0.4, -0.2) is 42.0 Å². The molecule has 4 fully saturated rings. The zero-order valence-electron chi connectivity index (χ0n) is 33.4. The van der Waals surface area contributed by atoms with Crippen molar-refractivity contribution in [2.24, 2.45) is 52.3 Å². The van der Waals surface area contributed by atoms with Gasteiger partial charge in [0.2, 0.25) is 0 Å². The second-order valence-corrected chi connectivity index (χ2v) is 19.1. The van der Waals surface area contributed by atoms with Crippen LogP contribution in [0.25, 0.3) is 0 Å². The monoisotopic (exact) mass is 693 g/mol. The van der Waals surface area contributed by atoms with E-state index < -0.39 is 0 Å². The Hall–Kier alpha value is -1.10. The summed E-state index contributed by atoms with van der Waals surface area (Å²) < 4.78 is 0. The molecule has 4 saturated carbocycles. The zero-order chi connectivity index (χ0) is 35.6. The first-order chi connectivity index (χ1) is 24.1. The maximum absolute atomic E-state index is 11.8. The van der Waals surface area contributed by atoms with Gasteiger partial charge < -0.3 is 20.8 Å². The summed E-state index contributed by atoms with van der Waals surface area (Å²) in [5, 5.41) is 29.4. The number of fused-ring (bicyclic) bond motifs is 5. The Morgan fingerprint density at radius 3 is 2.16 bits per heavy atom. The van der Waals surface area contributed by atoms with Gasteiger partial charge in [-0.05, 0) is 161 Å². The minimum atomic E-state index is -0.0817. The van der Waals surface area contributed by atoms with Crippen molar-refractivity contribution in [2.45, 2.75) is 182 Å². The minimum Gasteiger partial charge on any atom is -0.508 e. The van der Waals surface area contributed by atoms with Crippen LogP contribution in [0.1, 0.15) is 169 Å². The molecule has 286 valence electrons. The summed E-state index contributed by atoms with van der Waals surface area (Å²) >= 11 is 0. The Morgan fingerprint density at radius 1 is 0.720 bits per heavy atom. The van der Waals surface area contributed by atoms with E-state index in [1.807, 2.05) is 18.2 Å². The molecule has 0 aromatic heterocycles. The molecule has 0 bridgehead atoms. The molecule has 4 N–H and O–H groups in total. The molecular formula is C46H80N2O2. The Balaban J connectivity index is 0.915. The summed E-state index contributed by atoms with van der Waals surface area (Å²) in [6.45, 7) is 16.0. The number of rotatable bonds is 21. The number of phenols is 1. The summed E-state index contributed by atoms with van der Waals surface area (Å²) in [5.41, 5.74) is 1.97. The summed E-state index contributed by atoms with van der Waals surface area (Å²) in [7, 11) is 0. The van der Waals surface area contributed by atoms with Crippen LogP contribution in [0.5, 0.6) is 5.75 Å². The minimum absolute atomic E-state index is 0.0817. The summed E-state index contributed by atoms with van der Waals surface area (Å²) in [4.78, 5) is 0. The molecule has 0 amide bonds. The topological polar surface area (TPSA) is 64.5 Å². The van der Waals surface area contributed by atoms with E-state index in [0.29, 0.717) is 34.5 Å². The predicted molar refractivity (Wildman–Crippen MR) is 212 cm³/mol. The number of aliphatic hydroxyl groups is 1. The Bertz CT molecular complexity index is 1120. The first-order valence-corrected chi connectivity index (χ1v) is 22.0. The molecule has 10 atom stereocenters. The van der Waals surface area contributed by atoms with Crippen LogP contribution < -0.4 is 10.6 Å². The molecule has 4 nitrogen and oxygen atoms in total. The lowest BCUT2D eigenvalue weighted by atomic mass is 9.43. The maximum Gasteiger partial charge on any atom is 0.118 e. The van der Waals surface area contributed by atoms with Gasteiger partial charge in [-0.25, -0.2) is 0 Å². The highest BCUT2D eigenvalue weighted by Gasteiger charge is 2.62. The number of benzene rings is 1. The fraction of sp³-hybridized carbons (Fsp3) is 0.870. The van der Waals surface area contributed by atoms with E-state index in [1.165, 1.54) is 122 Å². The number of aromatic hydroxyl groups is 1. The molecule has 1 aromatic rings. The van der Waals surface area contributed by atoms with Crippen LogP contribution in [0.4, 0.5) is 0 Å². The van der Waals surface area contributed by atoms with E-state index in [1.54, 1.807) is 6.07 Å². The molecule has 1 aromatic carbocycles. The van der Waals surface area contributed by atoms with Gasteiger partial charge in [-0.15, -0.1) is 0 Å². The van der Waals surface area contributed by atoms with Gasteiger partial charge in [0.05, 0.1) is 6.10 Å². The third-order valence-corrected chi connectivity index (χ3v) is 15.4. The summed E-state index contributed by atoms with van der Waals surface area (Å²) in [6, 6.07) is 8.40. The first-order valence-electron chi connectivity index (χ1n) is 22.0. The molecule has 4 heteroatoms. The maximum atomic E-state index is 11.8. The lowest BCUT2D eigenvalue weighted by Crippen LogP contribution is -2.59.